The molecule has 0 aliphatic carbocycles. The van der Waals surface area contributed by atoms with Gasteiger partial charge in [0.2, 0.25) is 11.8 Å². The van der Waals surface area contributed by atoms with Gasteiger partial charge in [0.15, 0.2) is 0 Å². The lowest BCUT2D eigenvalue weighted by atomic mass is 10.1. The molecule has 3 rings (SSSR count). The van der Waals surface area contributed by atoms with Crippen LogP contribution in [-0.4, -0.2) is 50.9 Å². The van der Waals surface area contributed by atoms with Crippen LogP contribution in [-0.2, 0) is 26.2 Å². The average Bonchev–Trinajstić information content (AvgIpc) is 2.97. The van der Waals surface area contributed by atoms with E-state index in [1.54, 1.807) is 49.6 Å². The SMILES string of the molecule is CC[C@H](C(=O)N[C@@H](C)CC)N(Cc1ccc(OC)cc1)C(=O)CN(c1cccc(Cl)c1Cl)S(=O)(=O)c1ccc(C)cc1. The van der Waals surface area contributed by atoms with Gasteiger partial charge in [-0.2, -0.15) is 0 Å². The molecular formula is C31H37Cl2N3O5S. The minimum atomic E-state index is -4.27. The highest BCUT2D eigenvalue weighted by atomic mass is 35.5. The Balaban J connectivity index is 2.09. The van der Waals surface area contributed by atoms with Gasteiger partial charge < -0.3 is 15.0 Å². The molecule has 2 amide bonds. The number of carbonyl (C=O) groups is 2. The minimum absolute atomic E-state index is 0.00841. The maximum Gasteiger partial charge on any atom is 0.264 e. The molecule has 2 atom stereocenters. The maximum absolute atomic E-state index is 14.2. The van der Waals surface area contributed by atoms with Crippen molar-refractivity contribution in [2.45, 2.75) is 64.1 Å². The number of benzene rings is 3. The molecule has 0 fully saturated rings. The van der Waals surface area contributed by atoms with Crippen molar-refractivity contribution in [2.75, 3.05) is 18.0 Å². The number of carbonyl (C=O) groups excluding carboxylic acids is 2. The van der Waals surface area contributed by atoms with Gasteiger partial charge in [-0.1, -0.05) is 72.9 Å². The number of nitrogens with one attached hydrogen (secondary N) is 1. The van der Waals surface area contributed by atoms with Crippen molar-refractivity contribution in [3.05, 3.63) is 87.9 Å². The summed E-state index contributed by atoms with van der Waals surface area (Å²) in [6.07, 6.45) is 1.03. The molecule has 11 heteroatoms. The van der Waals surface area contributed by atoms with Crippen LogP contribution in [0, 0.1) is 6.92 Å². The van der Waals surface area contributed by atoms with Gasteiger partial charge in [0.05, 0.1) is 27.7 Å². The zero-order valence-electron chi connectivity index (χ0n) is 24.4. The summed E-state index contributed by atoms with van der Waals surface area (Å²) >= 11 is 12.8. The van der Waals surface area contributed by atoms with E-state index in [1.807, 2.05) is 27.7 Å². The van der Waals surface area contributed by atoms with E-state index in [4.69, 9.17) is 27.9 Å². The van der Waals surface area contributed by atoms with Crippen LogP contribution in [0.5, 0.6) is 5.75 Å². The summed E-state index contributed by atoms with van der Waals surface area (Å²) in [5.41, 5.74) is 1.67. The number of aryl methyl sites for hydroxylation is 1. The predicted octanol–water partition coefficient (Wildman–Crippen LogP) is 6.23. The molecule has 0 aliphatic rings. The van der Waals surface area contributed by atoms with E-state index in [1.165, 1.54) is 29.2 Å². The van der Waals surface area contributed by atoms with Crippen LogP contribution >= 0.6 is 23.2 Å². The first kappa shape index (κ1) is 33.2. The van der Waals surface area contributed by atoms with Crippen LogP contribution in [0.2, 0.25) is 10.0 Å². The van der Waals surface area contributed by atoms with Crippen molar-refractivity contribution in [1.82, 2.24) is 10.2 Å². The lowest BCUT2D eigenvalue weighted by molar-refractivity contribution is -0.140. The molecule has 1 N–H and O–H groups in total. The lowest BCUT2D eigenvalue weighted by Gasteiger charge is -2.34. The summed E-state index contributed by atoms with van der Waals surface area (Å²) in [6, 6.07) is 17.1. The third-order valence-corrected chi connectivity index (χ3v) is 9.57. The Morgan fingerprint density at radius 2 is 1.60 bits per heavy atom. The smallest absolute Gasteiger partial charge is 0.264 e. The van der Waals surface area contributed by atoms with Crippen molar-refractivity contribution in [3.8, 4) is 5.75 Å². The first-order valence-electron chi connectivity index (χ1n) is 13.7. The summed E-state index contributed by atoms with van der Waals surface area (Å²) in [4.78, 5) is 29.0. The maximum atomic E-state index is 14.2. The fourth-order valence-electron chi connectivity index (χ4n) is 4.32. The second-order valence-corrected chi connectivity index (χ2v) is 12.7. The van der Waals surface area contributed by atoms with Gasteiger partial charge in [-0.3, -0.25) is 13.9 Å². The molecule has 0 saturated heterocycles. The highest BCUT2D eigenvalue weighted by Gasteiger charge is 2.35. The number of methoxy groups -OCH3 is 1. The van der Waals surface area contributed by atoms with Crippen LogP contribution < -0.4 is 14.4 Å². The number of hydrogen-bond donors (Lipinski definition) is 1. The second-order valence-electron chi connectivity index (χ2n) is 10.0. The molecule has 42 heavy (non-hydrogen) atoms. The quantitative estimate of drug-likeness (QED) is 0.241. The summed E-state index contributed by atoms with van der Waals surface area (Å²) in [5.74, 6) is -0.254. The largest absolute Gasteiger partial charge is 0.497 e. The number of rotatable bonds is 13. The topological polar surface area (TPSA) is 96.0 Å². The molecule has 8 nitrogen and oxygen atoms in total. The Labute approximate surface area is 258 Å². The second kappa shape index (κ2) is 14.8. The zero-order chi connectivity index (χ0) is 31.0. The summed E-state index contributed by atoms with van der Waals surface area (Å²) in [5, 5.41) is 3.09. The number of halogens is 2. The lowest BCUT2D eigenvalue weighted by Crippen LogP contribution is -2.53. The highest BCUT2D eigenvalue weighted by Crippen LogP contribution is 2.35. The third kappa shape index (κ3) is 7.96. The van der Waals surface area contributed by atoms with Crippen LogP contribution in [0.4, 0.5) is 5.69 Å². The van der Waals surface area contributed by atoms with Gasteiger partial charge in [0, 0.05) is 12.6 Å². The van der Waals surface area contributed by atoms with Crippen LogP contribution in [0.3, 0.4) is 0 Å². The molecule has 0 aromatic heterocycles. The Morgan fingerprint density at radius 3 is 2.17 bits per heavy atom. The summed E-state index contributed by atoms with van der Waals surface area (Å²) in [6.45, 7) is 6.95. The monoisotopic (exact) mass is 633 g/mol. The normalized spacial score (nSPS) is 12.7. The predicted molar refractivity (Wildman–Crippen MR) is 168 cm³/mol. The molecule has 0 saturated carbocycles. The molecule has 3 aromatic carbocycles. The first-order chi connectivity index (χ1) is 19.9. The van der Waals surface area contributed by atoms with Crippen LogP contribution in [0.1, 0.15) is 44.7 Å². The van der Waals surface area contributed by atoms with Gasteiger partial charge in [0.25, 0.3) is 10.0 Å². The molecule has 0 bridgehead atoms. The van der Waals surface area contributed by atoms with Crippen molar-refractivity contribution >= 4 is 50.7 Å². The Morgan fingerprint density at radius 1 is 0.952 bits per heavy atom. The Hall–Kier alpha value is -3.27. The van der Waals surface area contributed by atoms with Crippen molar-refractivity contribution in [3.63, 3.8) is 0 Å². The third-order valence-electron chi connectivity index (χ3n) is 6.99. The molecule has 0 aliphatic heterocycles. The molecule has 0 unspecified atom stereocenters. The van der Waals surface area contributed by atoms with Gasteiger partial charge in [-0.15, -0.1) is 0 Å². The Kier molecular flexibility index (Phi) is 11.7. The van der Waals surface area contributed by atoms with Crippen LogP contribution in [0.15, 0.2) is 71.6 Å². The molecule has 0 spiro atoms. The van der Waals surface area contributed by atoms with E-state index in [2.05, 4.69) is 5.32 Å². The van der Waals surface area contributed by atoms with Crippen molar-refractivity contribution in [1.29, 1.82) is 0 Å². The summed E-state index contributed by atoms with van der Waals surface area (Å²) in [7, 11) is -2.71. The van der Waals surface area contributed by atoms with Crippen molar-refractivity contribution < 1.29 is 22.7 Å². The molecule has 226 valence electrons. The van der Waals surface area contributed by atoms with Gasteiger partial charge in [0.1, 0.15) is 18.3 Å². The first-order valence-corrected chi connectivity index (χ1v) is 15.9. The van der Waals surface area contributed by atoms with Gasteiger partial charge >= 0.3 is 0 Å². The van der Waals surface area contributed by atoms with E-state index >= 15 is 0 Å². The zero-order valence-corrected chi connectivity index (χ0v) is 26.8. The number of sulfonamides is 1. The van der Waals surface area contributed by atoms with Crippen molar-refractivity contribution in [2.24, 2.45) is 0 Å². The Bertz CT molecular complexity index is 1480. The number of nitrogens with zero attached hydrogens (tertiary/aromatic N) is 2. The highest BCUT2D eigenvalue weighted by molar-refractivity contribution is 7.92. The van der Waals surface area contributed by atoms with Gasteiger partial charge in [-0.05, 0) is 68.7 Å². The fourth-order valence-corrected chi connectivity index (χ4v) is 6.20. The van der Waals surface area contributed by atoms with E-state index in [9.17, 15) is 18.0 Å². The molecule has 3 aromatic rings. The van der Waals surface area contributed by atoms with E-state index in [-0.39, 0.29) is 39.1 Å². The fraction of sp³-hybridized carbons (Fsp3) is 0.355. The van der Waals surface area contributed by atoms with Crippen LogP contribution in [0.25, 0.3) is 0 Å². The number of anilines is 1. The van der Waals surface area contributed by atoms with E-state index < -0.39 is 28.5 Å². The van der Waals surface area contributed by atoms with E-state index in [0.717, 1.165) is 15.4 Å². The average molecular weight is 635 g/mol. The molecule has 0 radical (unpaired) electrons. The van der Waals surface area contributed by atoms with Gasteiger partial charge in [-0.25, -0.2) is 8.42 Å². The molecule has 0 heterocycles. The minimum Gasteiger partial charge on any atom is -0.497 e. The summed E-state index contributed by atoms with van der Waals surface area (Å²) < 4.78 is 34.2. The standard InChI is InChI=1S/C31H37Cl2N3O5S/c1-6-22(4)34-31(38)27(7-2)35(19-23-13-15-24(41-5)16-14-23)29(37)20-36(28-10-8-9-26(32)30(28)33)42(39,40)25-17-11-21(3)12-18-25/h8-18,22,27H,6-7,19-20H2,1-5H3,(H,34,38)/t22-,27+/m0/s1. The number of hydrogen-bond acceptors (Lipinski definition) is 5. The van der Waals surface area contributed by atoms with E-state index in [0.29, 0.717) is 18.6 Å². The number of ether oxygens (including phenoxy) is 1. The number of amides is 2. The molecular weight excluding hydrogens is 597 g/mol.